The first-order valence-electron chi connectivity index (χ1n) is 5.24. The third-order valence-electron chi connectivity index (χ3n) is 2.45. The van der Waals surface area contributed by atoms with E-state index in [1.54, 1.807) is 7.11 Å². The molecule has 16 heavy (non-hydrogen) atoms. The Morgan fingerprint density at radius 2 is 1.94 bits per heavy atom. The molecule has 4 nitrogen and oxygen atoms in total. The van der Waals surface area contributed by atoms with Crippen LogP contribution in [0, 0.1) is 0 Å². The van der Waals surface area contributed by atoms with Gasteiger partial charge in [-0.2, -0.15) is 0 Å². The summed E-state index contributed by atoms with van der Waals surface area (Å²) in [6.45, 7) is 6.32. The summed E-state index contributed by atoms with van der Waals surface area (Å²) in [6.07, 6.45) is 0. The van der Waals surface area contributed by atoms with Gasteiger partial charge >= 0.3 is 0 Å². The van der Waals surface area contributed by atoms with E-state index < -0.39 is 5.60 Å². The predicted octanol–water partition coefficient (Wildman–Crippen LogP) is 2.22. The van der Waals surface area contributed by atoms with Crippen molar-refractivity contribution in [3.8, 4) is 11.5 Å². The smallest absolute Gasteiger partial charge is 0.161 e. The molecule has 0 unspecified atom stereocenters. The van der Waals surface area contributed by atoms with Gasteiger partial charge in [-0.25, -0.2) is 5.90 Å². The zero-order valence-electron chi connectivity index (χ0n) is 10.2. The van der Waals surface area contributed by atoms with Crippen LogP contribution >= 0.6 is 0 Å². The van der Waals surface area contributed by atoms with Gasteiger partial charge in [0.25, 0.3) is 0 Å². The molecule has 0 atom stereocenters. The molecule has 4 heteroatoms. The molecule has 0 aromatic heterocycles. The van der Waals surface area contributed by atoms with Crippen LogP contribution in [0.1, 0.15) is 26.3 Å². The summed E-state index contributed by atoms with van der Waals surface area (Å²) in [5, 5.41) is 0. The number of hydrogen-bond acceptors (Lipinski definition) is 4. The van der Waals surface area contributed by atoms with Crippen molar-refractivity contribution in [2.45, 2.75) is 26.4 Å². The molecule has 0 aliphatic carbocycles. The monoisotopic (exact) mass is 225 g/mol. The molecule has 0 heterocycles. The molecule has 1 aromatic rings. The van der Waals surface area contributed by atoms with Gasteiger partial charge in [-0.05, 0) is 38.5 Å². The Balaban J connectivity index is 3.08. The lowest BCUT2D eigenvalue weighted by molar-refractivity contribution is -0.0237. The molecule has 0 aliphatic heterocycles. The first-order valence-corrected chi connectivity index (χ1v) is 5.24. The zero-order chi connectivity index (χ0) is 12.2. The first kappa shape index (κ1) is 12.8. The maximum absolute atomic E-state index is 5.43. The third kappa shape index (κ3) is 2.65. The fraction of sp³-hybridized carbons (Fsp3) is 0.500. The van der Waals surface area contributed by atoms with Gasteiger partial charge in [-0.1, -0.05) is 6.07 Å². The molecule has 90 valence electrons. The Hall–Kier alpha value is -1.26. The van der Waals surface area contributed by atoms with Gasteiger partial charge in [0.05, 0.1) is 13.7 Å². The van der Waals surface area contributed by atoms with Crippen molar-refractivity contribution in [2.75, 3.05) is 13.7 Å². The third-order valence-corrected chi connectivity index (χ3v) is 2.45. The second-order valence-corrected chi connectivity index (χ2v) is 3.93. The Labute approximate surface area is 96.3 Å². The summed E-state index contributed by atoms with van der Waals surface area (Å²) < 4.78 is 10.7. The summed E-state index contributed by atoms with van der Waals surface area (Å²) in [4.78, 5) is 4.93. The Morgan fingerprint density at radius 1 is 1.25 bits per heavy atom. The van der Waals surface area contributed by atoms with Crippen LogP contribution in [0.15, 0.2) is 18.2 Å². The van der Waals surface area contributed by atoms with Crippen LogP contribution in [0.5, 0.6) is 11.5 Å². The fourth-order valence-electron chi connectivity index (χ4n) is 1.38. The average molecular weight is 225 g/mol. The zero-order valence-corrected chi connectivity index (χ0v) is 10.2. The predicted molar refractivity (Wildman–Crippen MR) is 62.5 cm³/mol. The van der Waals surface area contributed by atoms with Crippen molar-refractivity contribution in [1.29, 1.82) is 0 Å². The molecular weight excluding hydrogens is 206 g/mol. The van der Waals surface area contributed by atoms with E-state index in [1.807, 2.05) is 39.0 Å². The summed E-state index contributed by atoms with van der Waals surface area (Å²) in [5.41, 5.74) is 0.396. The van der Waals surface area contributed by atoms with Gasteiger partial charge in [0.2, 0.25) is 0 Å². The van der Waals surface area contributed by atoms with Gasteiger partial charge in [-0.15, -0.1) is 0 Å². The number of ether oxygens (including phenoxy) is 2. The molecule has 0 fully saturated rings. The lowest BCUT2D eigenvalue weighted by Crippen LogP contribution is -2.25. The molecule has 0 bridgehead atoms. The second kappa shape index (κ2) is 5.18. The SMILES string of the molecule is CCOc1ccc(C(C)(C)ON)cc1OC. The first-order chi connectivity index (χ1) is 7.55. The molecule has 0 saturated heterocycles. The Bertz CT molecular complexity index is 350. The highest BCUT2D eigenvalue weighted by Crippen LogP contribution is 2.33. The second-order valence-electron chi connectivity index (χ2n) is 3.93. The fourth-order valence-corrected chi connectivity index (χ4v) is 1.38. The lowest BCUT2D eigenvalue weighted by Gasteiger charge is -2.23. The highest BCUT2D eigenvalue weighted by Gasteiger charge is 2.22. The van der Waals surface area contributed by atoms with Crippen LogP contribution in [0.3, 0.4) is 0 Å². The maximum atomic E-state index is 5.43. The summed E-state index contributed by atoms with van der Waals surface area (Å²) in [7, 11) is 1.61. The van der Waals surface area contributed by atoms with Crippen LogP contribution in [-0.4, -0.2) is 13.7 Å². The van der Waals surface area contributed by atoms with Crippen molar-refractivity contribution in [2.24, 2.45) is 5.90 Å². The Kier molecular flexibility index (Phi) is 4.15. The van der Waals surface area contributed by atoms with Gasteiger partial charge < -0.3 is 9.47 Å². The quantitative estimate of drug-likeness (QED) is 0.781. The molecule has 1 aromatic carbocycles. The number of nitrogens with two attached hydrogens (primary N) is 1. The minimum absolute atomic E-state index is 0.544. The normalized spacial score (nSPS) is 11.3. The van der Waals surface area contributed by atoms with E-state index in [0.717, 1.165) is 11.3 Å². The molecule has 1 rings (SSSR count). The summed E-state index contributed by atoms with van der Waals surface area (Å²) >= 11 is 0. The maximum Gasteiger partial charge on any atom is 0.161 e. The molecule has 0 aliphatic rings. The van der Waals surface area contributed by atoms with Gasteiger partial charge in [0, 0.05) is 0 Å². The van der Waals surface area contributed by atoms with E-state index in [2.05, 4.69) is 0 Å². The van der Waals surface area contributed by atoms with E-state index >= 15 is 0 Å². The Morgan fingerprint density at radius 3 is 2.44 bits per heavy atom. The molecular formula is C12H19NO3. The summed E-state index contributed by atoms with van der Waals surface area (Å²) in [5.74, 6) is 6.66. The largest absolute Gasteiger partial charge is 0.493 e. The topological polar surface area (TPSA) is 53.7 Å². The molecule has 2 N–H and O–H groups in total. The van der Waals surface area contributed by atoms with Crippen molar-refractivity contribution in [3.63, 3.8) is 0 Å². The minimum atomic E-state index is -0.544. The van der Waals surface area contributed by atoms with Crippen molar-refractivity contribution in [1.82, 2.24) is 0 Å². The number of benzene rings is 1. The standard InChI is InChI=1S/C12H19NO3/c1-5-15-10-7-6-9(8-11(10)14-4)12(2,3)16-13/h6-8H,5,13H2,1-4H3. The summed E-state index contributed by atoms with van der Waals surface area (Å²) in [6, 6.07) is 5.65. The average Bonchev–Trinajstić information content (AvgIpc) is 2.29. The number of methoxy groups -OCH3 is 1. The van der Waals surface area contributed by atoms with Crippen molar-refractivity contribution in [3.05, 3.63) is 23.8 Å². The molecule has 0 amide bonds. The van der Waals surface area contributed by atoms with E-state index in [1.165, 1.54) is 0 Å². The van der Waals surface area contributed by atoms with Crippen LogP contribution in [0.2, 0.25) is 0 Å². The van der Waals surface area contributed by atoms with Crippen molar-refractivity contribution >= 4 is 0 Å². The van der Waals surface area contributed by atoms with Gasteiger partial charge in [-0.3, -0.25) is 4.84 Å². The van der Waals surface area contributed by atoms with E-state index in [-0.39, 0.29) is 0 Å². The number of hydrogen-bond donors (Lipinski definition) is 1. The molecule has 0 radical (unpaired) electrons. The van der Waals surface area contributed by atoms with E-state index in [0.29, 0.717) is 12.4 Å². The minimum Gasteiger partial charge on any atom is -0.493 e. The van der Waals surface area contributed by atoms with E-state index in [4.69, 9.17) is 20.2 Å². The van der Waals surface area contributed by atoms with Gasteiger partial charge in [0.1, 0.15) is 5.60 Å². The van der Waals surface area contributed by atoms with E-state index in [9.17, 15) is 0 Å². The van der Waals surface area contributed by atoms with Crippen LogP contribution < -0.4 is 15.4 Å². The van der Waals surface area contributed by atoms with Gasteiger partial charge in [0.15, 0.2) is 11.5 Å². The van der Waals surface area contributed by atoms with Crippen molar-refractivity contribution < 1.29 is 14.3 Å². The van der Waals surface area contributed by atoms with Crippen LogP contribution in [0.25, 0.3) is 0 Å². The lowest BCUT2D eigenvalue weighted by atomic mass is 9.98. The van der Waals surface area contributed by atoms with Crippen LogP contribution in [0.4, 0.5) is 0 Å². The molecule has 0 saturated carbocycles. The highest BCUT2D eigenvalue weighted by atomic mass is 16.6. The van der Waals surface area contributed by atoms with Crippen LogP contribution in [-0.2, 0) is 10.4 Å². The molecule has 0 spiro atoms. The number of rotatable bonds is 5. The highest BCUT2D eigenvalue weighted by molar-refractivity contribution is 5.44.